The van der Waals surface area contributed by atoms with Crippen molar-refractivity contribution in [2.75, 3.05) is 0 Å². The maximum Gasteiger partial charge on any atom is 0.164 e. The first-order chi connectivity index (χ1) is 70.9. The summed E-state index contributed by atoms with van der Waals surface area (Å²) in [6.45, 7) is 0. The molecule has 0 fully saturated rings. The van der Waals surface area contributed by atoms with Crippen LogP contribution in [0.3, 0.4) is 0 Å². The molecule has 11 nitrogen and oxygen atoms in total. The quantitative estimate of drug-likeness (QED) is 0.119. The smallest absolute Gasteiger partial charge is 0.164 e. The molecule has 0 radical (unpaired) electrons. The zero-order valence-corrected chi connectivity index (χ0v) is 77.2. The zero-order chi connectivity index (χ0) is 94.1. The lowest BCUT2D eigenvalue weighted by Crippen LogP contribution is -2.00. The van der Waals surface area contributed by atoms with Gasteiger partial charge in [0.05, 0.1) is 77.8 Å². The highest BCUT2D eigenvalue weighted by atomic mass is 16.3. The van der Waals surface area contributed by atoms with Gasteiger partial charge in [-0.15, -0.1) is 0 Å². The van der Waals surface area contributed by atoms with Gasteiger partial charge in [0, 0.05) is 142 Å². The number of benzene rings is 21. The number of hydrogen-bond acceptors (Lipinski definition) is 7. The minimum Gasteiger partial charge on any atom is -0.456 e. The Morgan fingerprint density at radius 2 is 0.392 bits per heavy atom. The zero-order valence-electron chi connectivity index (χ0n) is 77.2. The molecule has 30 aromatic rings. The van der Waals surface area contributed by atoms with Crippen LogP contribution in [0.2, 0.25) is 0 Å². The van der Waals surface area contributed by atoms with E-state index in [0.717, 1.165) is 128 Å². The summed E-state index contributed by atoms with van der Waals surface area (Å²) >= 11 is 0. The van der Waals surface area contributed by atoms with Gasteiger partial charge in [0.2, 0.25) is 0 Å². The summed E-state index contributed by atoms with van der Waals surface area (Å²) in [5.41, 5.74) is 30.2. The molecule has 30 rings (SSSR count). The van der Waals surface area contributed by atoms with Gasteiger partial charge in [0.1, 0.15) is 11.2 Å². The maximum absolute atomic E-state index is 6.38. The topological polar surface area (TPSA) is 110 Å². The predicted octanol–water partition coefficient (Wildman–Crippen LogP) is 34.3. The van der Waals surface area contributed by atoms with Crippen LogP contribution in [-0.2, 0) is 0 Å². The van der Waals surface area contributed by atoms with Crippen molar-refractivity contribution in [2.24, 2.45) is 0 Å². The van der Waals surface area contributed by atoms with Crippen LogP contribution in [0.25, 0.3) is 276 Å². The van der Waals surface area contributed by atoms with E-state index in [2.05, 4.69) is 455 Å². The number of rotatable bonds is 11. The van der Waals surface area contributed by atoms with Crippen molar-refractivity contribution in [1.82, 2.24) is 48.2 Å². The van der Waals surface area contributed by atoms with Crippen molar-refractivity contribution in [3.05, 3.63) is 497 Å². The number of hydrogen-bond donors (Lipinski definition) is 0. The van der Waals surface area contributed by atoms with Gasteiger partial charge in [-0.25, -0.2) is 29.9 Å². The number of furan rings is 1. The Hall–Kier alpha value is -19.4. The Kier molecular flexibility index (Phi) is 19.4. The van der Waals surface area contributed by atoms with Gasteiger partial charge in [0.15, 0.2) is 17.5 Å². The van der Waals surface area contributed by atoms with Crippen LogP contribution in [0, 0.1) is 0 Å². The number of pyridine rings is 3. The average molecular weight is 1820 g/mol. The van der Waals surface area contributed by atoms with Gasteiger partial charge >= 0.3 is 0 Å². The van der Waals surface area contributed by atoms with Gasteiger partial charge in [0.25, 0.3) is 0 Å². The normalized spacial score (nSPS) is 11.8. The standard InChI is InChI=1S/C46H29N5.C43H27N3.C43H26N2O/c1-4-14-30(15-5-1)44-48-45(31-16-6-2-7-17-31)50-46(49-44)33-24-26-40-38(29-33)35-20-10-11-22-37(35)43(47-40)32-25-27-42-39(28-32)36-21-12-13-23-41(36)51(42)34-18-8-3-9-19-34;1-2-12-29(13-3-1)45-39-20-10-8-17-34(39)37-27-30(23-25-42(37)45)46-40-21-11-7-16-33(40)36-26-28(22-24-41(36)46)43-35-18-5-4-14-31(35)32-15-6-9-19-38(32)44-43;1-2-10-27(11-3-1)28-18-21-40-35(24-28)33-14-7-9-17-39(33)45(40)30-20-23-42-37(26-30)36-25-29(19-22-41(36)46-42)43-34-15-5-4-12-31(34)32-13-6-8-16-38(32)44-43/h1-29H;1-27H;1-26H. The molecule has 9 aromatic heterocycles. The average Bonchev–Trinajstić information content (AvgIpc) is 1.61. The highest BCUT2D eigenvalue weighted by Gasteiger charge is 2.25. The summed E-state index contributed by atoms with van der Waals surface area (Å²) in [6.07, 6.45) is 0. The van der Waals surface area contributed by atoms with Crippen LogP contribution >= 0.6 is 0 Å². The van der Waals surface area contributed by atoms with Crippen LogP contribution in [0.5, 0.6) is 0 Å². The summed E-state index contributed by atoms with van der Waals surface area (Å²) in [5.74, 6) is 1.90. The Labute approximate surface area is 820 Å². The van der Waals surface area contributed by atoms with Crippen LogP contribution in [0.15, 0.2) is 502 Å². The number of fused-ring (bicyclic) bond motifs is 24. The van der Waals surface area contributed by atoms with E-state index in [1.54, 1.807) is 0 Å². The van der Waals surface area contributed by atoms with E-state index in [1.807, 2.05) is 60.7 Å². The Balaban J connectivity index is 0.000000105. The molecule has 9 heterocycles. The minimum absolute atomic E-state index is 0.623. The van der Waals surface area contributed by atoms with Crippen molar-refractivity contribution >= 4 is 174 Å². The highest BCUT2D eigenvalue weighted by Crippen LogP contribution is 2.46. The van der Waals surface area contributed by atoms with Crippen molar-refractivity contribution in [1.29, 1.82) is 0 Å². The van der Waals surface area contributed by atoms with Gasteiger partial charge in [-0.2, -0.15) is 0 Å². The third-order valence-corrected chi connectivity index (χ3v) is 28.5. The van der Waals surface area contributed by atoms with E-state index in [-0.39, 0.29) is 0 Å². The molecule has 0 spiro atoms. The molecular formula is C132H82N10O. The second-order valence-electron chi connectivity index (χ2n) is 36.7. The molecular weight excluding hydrogens is 1740 g/mol. The molecule has 0 saturated carbocycles. The van der Waals surface area contributed by atoms with Gasteiger partial charge < -0.3 is 22.7 Å². The molecule has 0 bridgehead atoms. The molecule has 666 valence electrons. The van der Waals surface area contributed by atoms with Crippen molar-refractivity contribution < 1.29 is 4.42 Å². The molecule has 0 atom stereocenters. The van der Waals surface area contributed by atoms with Crippen LogP contribution in [-0.4, -0.2) is 48.2 Å². The Morgan fingerprint density at radius 3 is 0.825 bits per heavy atom. The monoisotopic (exact) mass is 1820 g/mol. The van der Waals surface area contributed by atoms with E-state index >= 15 is 0 Å². The number of aromatic nitrogens is 10. The third-order valence-electron chi connectivity index (χ3n) is 28.5. The molecule has 0 aliphatic rings. The van der Waals surface area contributed by atoms with E-state index in [1.165, 1.54) is 131 Å². The molecule has 0 N–H and O–H groups in total. The van der Waals surface area contributed by atoms with Crippen molar-refractivity contribution in [2.45, 2.75) is 0 Å². The van der Waals surface area contributed by atoms with Gasteiger partial charge in [-0.05, 0) is 197 Å². The van der Waals surface area contributed by atoms with Gasteiger partial charge in [-0.1, -0.05) is 328 Å². The molecule has 0 saturated heterocycles. The minimum atomic E-state index is 0.623. The molecule has 143 heavy (non-hydrogen) atoms. The van der Waals surface area contributed by atoms with Crippen LogP contribution in [0.4, 0.5) is 0 Å². The second-order valence-corrected chi connectivity index (χ2v) is 36.7. The summed E-state index contributed by atoms with van der Waals surface area (Å²) in [6, 6.07) is 176. The first kappa shape index (κ1) is 81.9. The lowest BCUT2D eigenvalue weighted by Gasteiger charge is -2.13. The first-order valence-corrected chi connectivity index (χ1v) is 48.4. The van der Waals surface area contributed by atoms with Crippen LogP contribution in [0.1, 0.15) is 0 Å². The van der Waals surface area contributed by atoms with Crippen molar-refractivity contribution in [3.63, 3.8) is 0 Å². The van der Waals surface area contributed by atoms with Gasteiger partial charge in [-0.3, -0.25) is 0 Å². The lowest BCUT2D eigenvalue weighted by molar-refractivity contribution is 0.669. The van der Waals surface area contributed by atoms with E-state index < -0.39 is 0 Å². The summed E-state index contributed by atoms with van der Waals surface area (Å²) in [4.78, 5) is 30.6. The third kappa shape index (κ3) is 13.9. The number of nitrogens with zero attached hydrogens (tertiary/aromatic N) is 10. The van der Waals surface area contributed by atoms with Crippen molar-refractivity contribution in [3.8, 4) is 102 Å². The molecule has 0 aliphatic heterocycles. The van der Waals surface area contributed by atoms with E-state index in [4.69, 9.17) is 34.3 Å². The molecule has 0 aliphatic carbocycles. The summed E-state index contributed by atoms with van der Waals surface area (Å²) < 4.78 is 15.9. The fourth-order valence-electron chi connectivity index (χ4n) is 21.9. The van der Waals surface area contributed by atoms with Crippen LogP contribution < -0.4 is 0 Å². The fourth-order valence-corrected chi connectivity index (χ4v) is 21.9. The predicted molar refractivity (Wildman–Crippen MR) is 594 cm³/mol. The maximum atomic E-state index is 6.38. The second kappa shape index (κ2) is 33.8. The summed E-state index contributed by atoms with van der Waals surface area (Å²) in [5, 5.41) is 22.4. The molecule has 11 heteroatoms. The Morgan fingerprint density at radius 1 is 0.133 bits per heavy atom. The molecule has 0 amide bonds. The largest absolute Gasteiger partial charge is 0.456 e. The molecule has 0 unspecified atom stereocenters. The fraction of sp³-hybridized carbons (Fsp3) is 0. The first-order valence-electron chi connectivity index (χ1n) is 48.4. The molecule has 21 aromatic carbocycles. The lowest BCUT2D eigenvalue weighted by atomic mass is 9.98. The highest BCUT2D eigenvalue weighted by molar-refractivity contribution is 6.20. The Bertz CT molecular complexity index is 10300. The number of para-hydroxylation sites is 8. The SMILES string of the molecule is c1ccc(-c2ccc3c(c2)c2ccccc2n3-c2ccc3oc4ccc(-c5nc6ccccc6c6ccccc56)cc4c3c2)cc1.c1ccc(-c2nc(-c3ccccc3)nc(-c3ccc4nc(-c5ccc6c(c5)c5ccccc5n6-c5ccccc5)c5ccccc5c4c3)n2)cc1.c1ccc(-n2c3ccccc3c3cc(-n4c5ccccc5c5cc(-c6nc7ccccc7c7ccccc67)ccc54)ccc32)cc1. The van der Waals surface area contributed by atoms with E-state index in [9.17, 15) is 0 Å². The van der Waals surface area contributed by atoms with E-state index in [0.29, 0.717) is 17.5 Å². The summed E-state index contributed by atoms with van der Waals surface area (Å²) in [7, 11) is 0.